The third-order valence-electron chi connectivity index (χ3n) is 3.07. The van der Waals surface area contributed by atoms with Crippen LogP contribution >= 0.6 is 0 Å². The lowest BCUT2D eigenvalue weighted by atomic mass is 10.1. The van der Waals surface area contributed by atoms with Gasteiger partial charge in [-0.15, -0.1) is 0 Å². The van der Waals surface area contributed by atoms with Gasteiger partial charge >= 0.3 is 6.61 Å². The highest BCUT2D eigenvalue weighted by molar-refractivity contribution is 5.62. The Kier molecular flexibility index (Phi) is 3.60. The van der Waals surface area contributed by atoms with Gasteiger partial charge in [-0.1, -0.05) is 17.3 Å². The van der Waals surface area contributed by atoms with Gasteiger partial charge in [-0.3, -0.25) is 0 Å². The summed E-state index contributed by atoms with van der Waals surface area (Å²) in [6.45, 7) is -1.69. The first kappa shape index (κ1) is 13.0. The van der Waals surface area contributed by atoms with Gasteiger partial charge in [0.2, 0.25) is 0 Å². The molecule has 20 heavy (non-hydrogen) atoms. The van der Waals surface area contributed by atoms with E-state index < -0.39 is 6.61 Å². The molecule has 1 atom stereocenters. The van der Waals surface area contributed by atoms with Crippen molar-refractivity contribution < 1.29 is 22.8 Å². The Hall–Kier alpha value is -2.02. The summed E-state index contributed by atoms with van der Waals surface area (Å²) in [6, 6.07) is 6.32. The van der Waals surface area contributed by atoms with E-state index in [4.69, 9.17) is 9.26 Å². The molecule has 0 bridgehead atoms. The minimum Gasteiger partial charge on any atom is -0.434 e. The number of benzene rings is 1. The van der Waals surface area contributed by atoms with E-state index in [1.54, 1.807) is 18.2 Å². The molecule has 0 amide bonds. The zero-order valence-electron chi connectivity index (χ0n) is 10.5. The van der Waals surface area contributed by atoms with E-state index >= 15 is 0 Å². The molecular weight excluding hydrogens is 270 g/mol. The van der Waals surface area contributed by atoms with Crippen LogP contribution in [0.25, 0.3) is 11.5 Å². The molecule has 0 unspecified atom stereocenters. The van der Waals surface area contributed by atoms with Crippen LogP contribution in [-0.4, -0.2) is 30.0 Å². The van der Waals surface area contributed by atoms with Crippen LogP contribution in [0.2, 0.25) is 0 Å². The zero-order valence-corrected chi connectivity index (χ0v) is 10.5. The predicted octanol–water partition coefficient (Wildman–Crippen LogP) is 2.84. The minimum atomic E-state index is -2.90. The van der Waals surface area contributed by atoms with E-state index in [1.807, 2.05) is 0 Å². The maximum Gasteiger partial charge on any atom is 0.387 e. The van der Waals surface area contributed by atoms with E-state index in [0.29, 0.717) is 24.6 Å². The first-order valence-corrected chi connectivity index (χ1v) is 6.19. The lowest BCUT2D eigenvalue weighted by Gasteiger charge is -2.07. The highest BCUT2D eigenvalue weighted by Crippen LogP contribution is 2.31. The lowest BCUT2D eigenvalue weighted by Crippen LogP contribution is -2.03. The molecule has 106 valence electrons. The van der Waals surface area contributed by atoms with Crippen molar-refractivity contribution in [2.45, 2.75) is 19.0 Å². The summed E-state index contributed by atoms with van der Waals surface area (Å²) in [7, 11) is 0. The Labute approximate surface area is 113 Å². The molecule has 7 heteroatoms. The Bertz CT molecular complexity index is 583. The summed E-state index contributed by atoms with van der Waals surface area (Å²) in [6.07, 6.45) is 0.828. The van der Waals surface area contributed by atoms with Gasteiger partial charge in [0.05, 0.1) is 12.2 Å². The highest BCUT2D eigenvalue weighted by Gasteiger charge is 2.24. The Balaban J connectivity index is 1.89. The summed E-state index contributed by atoms with van der Waals surface area (Å²) >= 11 is 0. The first-order chi connectivity index (χ1) is 9.74. The summed E-state index contributed by atoms with van der Waals surface area (Å²) in [5, 5.41) is 3.89. The van der Waals surface area contributed by atoms with E-state index in [2.05, 4.69) is 14.9 Å². The van der Waals surface area contributed by atoms with Crippen molar-refractivity contribution in [1.82, 2.24) is 10.1 Å². The molecule has 2 aromatic rings. The summed E-state index contributed by atoms with van der Waals surface area (Å²) in [4.78, 5) is 4.25. The molecule has 1 aromatic carbocycles. The van der Waals surface area contributed by atoms with Gasteiger partial charge < -0.3 is 14.0 Å². The largest absolute Gasteiger partial charge is 0.434 e. The third-order valence-corrected chi connectivity index (χ3v) is 3.07. The normalized spacial score (nSPS) is 18.6. The molecule has 3 rings (SSSR count). The van der Waals surface area contributed by atoms with Gasteiger partial charge in [0.1, 0.15) is 5.75 Å². The van der Waals surface area contributed by atoms with Crippen molar-refractivity contribution in [2.24, 2.45) is 0 Å². The van der Waals surface area contributed by atoms with Gasteiger partial charge in [-0.2, -0.15) is 13.8 Å². The fourth-order valence-corrected chi connectivity index (χ4v) is 2.09. The van der Waals surface area contributed by atoms with Gasteiger partial charge in [0.15, 0.2) is 5.82 Å². The van der Waals surface area contributed by atoms with Crippen LogP contribution in [0.1, 0.15) is 18.2 Å². The fraction of sp³-hybridized carbons (Fsp3) is 0.385. The van der Waals surface area contributed by atoms with Crippen LogP contribution < -0.4 is 4.74 Å². The molecule has 5 nitrogen and oxygen atoms in total. The van der Waals surface area contributed by atoms with E-state index in [-0.39, 0.29) is 17.6 Å². The summed E-state index contributed by atoms with van der Waals surface area (Å²) < 4.78 is 39.6. The maximum atomic E-state index is 12.4. The second-order valence-electron chi connectivity index (χ2n) is 4.39. The third kappa shape index (κ3) is 2.62. The molecule has 0 saturated carbocycles. The average molecular weight is 282 g/mol. The molecule has 1 fully saturated rings. The van der Waals surface area contributed by atoms with Crippen molar-refractivity contribution in [3.05, 3.63) is 30.1 Å². The van der Waals surface area contributed by atoms with Gasteiger partial charge in [-0.25, -0.2) is 0 Å². The van der Waals surface area contributed by atoms with Gasteiger partial charge in [0.25, 0.3) is 5.89 Å². The smallest absolute Gasteiger partial charge is 0.387 e. The molecule has 1 aliphatic heterocycles. The van der Waals surface area contributed by atoms with Crippen molar-refractivity contribution >= 4 is 0 Å². The minimum absolute atomic E-state index is 0.0142. The summed E-state index contributed by atoms with van der Waals surface area (Å²) in [5.41, 5.74) is 0.352. The lowest BCUT2D eigenvalue weighted by molar-refractivity contribution is -0.0495. The standard InChI is InChI=1S/C13H12F2N2O3/c14-13(15)19-10-4-2-1-3-9(10)12-16-11(17-20-12)8-5-6-18-7-8/h1-4,8,13H,5-7H2/t8-/m1/s1. The molecule has 0 spiro atoms. The molecule has 1 saturated heterocycles. The second-order valence-corrected chi connectivity index (χ2v) is 4.39. The van der Waals surface area contributed by atoms with Crippen LogP contribution in [0.15, 0.2) is 28.8 Å². The van der Waals surface area contributed by atoms with Gasteiger partial charge in [-0.05, 0) is 18.6 Å². The van der Waals surface area contributed by atoms with E-state index in [9.17, 15) is 8.78 Å². The number of hydrogen-bond acceptors (Lipinski definition) is 5. The Morgan fingerprint density at radius 2 is 2.15 bits per heavy atom. The molecule has 0 radical (unpaired) electrons. The fourth-order valence-electron chi connectivity index (χ4n) is 2.09. The van der Waals surface area contributed by atoms with Crippen molar-refractivity contribution in [1.29, 1.82) is 0 Å². The topological polar surface area (TPSA) is 57.4 Å². The maximum absolute atomic E-state index is 12.4. The van der Waals surface area contributed by atoms with E-state index in [1.165, 1.54) is 6.07 Å². The Morgan fingerprint density at radius 1 is 1.30 bits per heavy atom. The van der Waals surface area contributed by atoms with E-state index in [0.717, 1.165) is 6.42 Å². The number of nitrogens with zero attached hydrogens (tertiary/aromatic N) is 2. The molecule has 0 N–H and O–H groups in total. The second kappa shape index (κ2) is 5.54. The summed E-state index contributed by atoms with van der Waals surface area (Å²) in [5.74, 6) is 0.809. The Morgan fingerprint density at radius 3 is 2.90 bits per heavy atom. The SMILES string of the molecule is FC(F)Oc1ccccc1-c1nc([C@@H]2CCOC2)no1. The first-order valence-electron chi connectivity index (χ1n) is 6.19. The quantitative estimate of drug-likeness (QED) is 0.863. The highest BCUT2D eigenvalue weighted by atomic mass is 19.3. The van der Waals surface area contributed by atoms with Gasteiger partial charge in [0, 0.05) is 12.5 Å². The van der Waals surface area contributed by atoms with Crippen LogP contribution in [0.5, 0.6) is 5.75 Å². The van der Waals surface area contributed by atoms with Crippen molar-refractivity contribution in [2.75, 3.05) is 13.2 Å². The number of ether oxygens (including phenoxy) is 2. The number of para-hydroxylation sites is 1. The van der Waals surface area contributed by atoms with Crippen LogP contribution in [-0.2, 0) is 4.74 Å². The average Bonchev–Trinajstić information content (AvgIpc) is 3.10. The van der Waals surface area contributed by atoms with Crippen molar-refractivity contribution in [3.8, 4) is 17.2 Å². The number of alkyl halides is 2. The molecule has 2 heterocycles. The number of aromatic nitrogens is 2. The monoisotopic (exact) mass is 282 g/mol. The van der Waals surface area contributed by atoms with Crippen LogP contribution in [0.3, 0.4) is 0 Å². The molecule has 1 aromatic heterocycles. The van der Waals surface area contributed by atoms with Crippen LogP contribution in [0.4, 0.5) is 8.78 Å². The number of halogens is 2. The zero-order chi connectivity index (χ0) is 13.9. The molecule has 0 aliphatic carbocycles. The molecule has 1 aliphatic rings. The van der Waals surface area contributed by atoms with Crippen LogP contribution in [0, 0.1) is 0 Å². The van der Waals surface area contributed by atoms with Crippen molar-refractivity contribution in [3.63, 3.8) is 0 Å². The number of hydrogen-bond donors (Lipinski definition) is 0. The number of rotatable bonds is 4. The molecular formula is C13H12F2N2O3. The predicted molar refractivity (Wildman–Crippen MR) is 64.5 cm³/mol.